The van der Waals surface area contributed by atoms with Crippen molar-refractivity contribution >= 4 is 23.7 Å². The molecule has 1 saturated heterocycles. The molecule has 0 saturated carbocycles. The van der Waals surface area contributed by atoms with E-state index in [0.29, 0.717) is 18.7 Å². The fourth-order valence-electron chi connectivity index (χ4n) is 4.00. The van der Waals surface area contributed by atoms with Crippen LogP contribution in [-0.4, -0.2) is 71.3 Å². The zero-order chi connectivity index (χ0) is 24.8. The largest absolute Gasteiger partial charge is 0.478 e. The summed E-state index contributed by atoms with van der Waals surface area (Å²) in [5, 5.41) is 12.0. The summed E-state index contributed by atoms with van der Waals surface area (Å²) < 4.78 is 0. The molecule has 3 aromatic rings. The minimum atomic E-state index is -1.16. The predicted molar refractivity (Wildman–Crippen MR) is 130 cm³/mol. The van der Waals surface area contributed by atoms with Crippen molar-refractivity contribution in [2.45, 2.75) is 0 Å². The van der Waals surface area contributed by atoms with Crippen LogP contribution in [0.5, 0.6) is 0 Å². The molecule has 0 atom stereocenters. The number of carboxylic acids is 1. The molecule has 3 aromatic carbocycles. The van der Waals surface area contributed by atoms with E-state index >= 15 is 0 Å². The lowest BCUT2D eigenvalue weighted by molar-refractivity contribution is -0.131. The maximum absolute atomic E-state index is 12.8. The van der Waals surface area contributed by atoms with Crippen LogP contribution < -0.4 is 5.32 Å². The van der Waals surface area contributed by atoms with Gasteiger partial charge >= 0.3 is 5.97 Å². The summed E-state index contributed by atoms with van der Waals surface area (Å²) in [5.41, 5.74) is 2.60. The van der Waals surface area contributed by atoms with Crippen molar-refractivity contribution in [3.63, 3.8) is 0 Å². The van der Waals surface area contributed by atoms with Crippen molar-refractivity contribution in [1.29, 1.82) is 0 Å². The molecule has 1 fully saturated rings. The Labute approximate surface area is 202 Å². The highest BCUT2D eigenvalue weighted by Gasteiger charge is 2.27. The Hall–Kier alpha value is -4.46. The van der Waals surface area contributed by atoms with E-state index in [-0.39, 0.29) is 48.5 Å². The number of amides is 3. The van der Waals surface area contributed by atoms with Crippen LogP contribution in [0.25, 0.3) is 11.1 Å². The Morgan fingerprint density at radius 1 is 0.686 bits per heavy atom. The van der Waals surface area contributed by atoms with Gasteiger partial charge in [0.1, 0.15) is 0 Å². The summed E-state index contributed by atoms with van der Waals surface area (Å²) in [7, 11) is 0. The first-order valence-electron chi connectivity index (χ1n) is 11.3. The van der Waals surface area contributed by atoms with Crippen molar-refractivity contribution in [2.75, 3.05) is 32.7 Å². The van der Waals surface area contributed by atoms with E-state index < -0.39 is 5.97 Å². The maximum atomic E-state index is 12.8. The van der Waals surface area contributed by atoms with Crippen LogP contribution in [0.1, 0.15) is 31.1 Å². The molecule has 0 radical (unpaired) electrons. The maximum Gasteiger partial charge on any atom is 0.336 e. The number of carboxylic acid groups (broad SMARTS) is 1. The first-order chi connectivity index (χ1) is 16.9. The topological polar surface area (TPSA) is 107 Å². The van der Waals surface area contributed by atoms with Gasteiger partial charge in [0.25, 0.3) is 11.8 Å². The van der Waals surface area contributed by atoms with Crippen LogP contribution in [-0.2, 0) is 4.79 Å². The van der Waals surface area contributed by atoms with Crippen molar-refractivity contribution in [1.82, 2.24) is 15.1 Å². The summed E-state index contributed by atoms with van der Waals surface area (Å²) >= 11 is 0. The average Bonchev–Trinajstić information content (AvgIpc) is 2.91. The van der Waals surface area contributed by atoms with Gasteiger partial charge < -0.3 is 20.2 Å². The van der Waals surface area contributed by atoms with Gasteiger partial charge in [-0.25, -0.2) is 4.79 Å². The molecule has 0 aromatic heterocycles. The highest BCUT2D eigenvalue weighted by atomic mass is 16.4. The van der Waals surface area contributed by atoms with Crippen LogP contribution in [0, 0.1) is 0 Å². The molecule has 178 valence electrons. The normalized spacial score (nSPS) is 13.3. The Morgan fingerprint density at radius 3 is 1.86 bits per heavy atom. The van der Waals surface area contributed by atoms with Gasteiger partial charge in [0.05, 0.1) is 17.7 Å². The van der Waals surface area contributed by atoms with Crippen LogP contribution >= 0.6 is 0 Å². The number of carbonyl (C=O) groups is 4. The van der Waals surface area contributed by atoms with Crippen molar-refractivity contribution in [2.24, 2.45) is 0 Å². The van der Waals surface area contributed by atoms with E-state index in [1.165, 1.54) is 12.1 Å². The summed E-state index contributed by atoms with van der Waals surface area (Å²) in [4.78, 5) is 52.4. The number of hydrogen-bond acceptors (Lipinski definition) is 4. The lowest BCUT2D eigenvalue weighted by Gasteiger charge is -2.35. The highest BCUT2D eigenvalue weighted by molar-refractivity contribution is 6.04. The molecule has 1 heterocycles. The molecule has 35 heavy (non-hydrogen) atoms. The summed E-state index contributed by atoms with van der Waals surface area (Å²) in [6, 6.07) is 23.1. The minimum absolute atomic E-state index is 0.0458. The van der Waals surface area contributed by atoms with E-state index in [4.69, 9.17) is 0 Å². The lowest BCUT2D eigenvalue weighted by Crippen LogP contribution is -2.52. The molecular weight excluding hydrogens is 446 g/mol. The third-order valence-corrected chi connectivity index (χ3v) is 5.96. The van der Waals surface area contributed by atoms with Gasteiger partial charge in [-0.2, -0.15) is 0 Å². The van der Waals surface area contributed by atoms with Gasteiger partial charge in [-0.05, 0) is 35.4 Å². The number of benzene rings is 3. The molecule has 0 unspecified atom stereocenters. The van der Waals surface area contributed by atoms with Crippen LogP contribution in [0.15, 0.2) is 78.9 Å². The van der Waals surface area contributed by atoms with Crippen LogP contribution in [0.3, 0.4) is 0 Å². The molecule has 0 spiro atoms. The first kappa shape index (κ1) is 23.7. The lowest BCUT2D eigenvalue weighted by atomic mass is 10.0. The molecule has 0 bridgehead atoms. The molecule has 1 aliphatic rings. The zero-order valence-corrected chi connectivity index (χ0v) is 19.0. The highest BCUT2D eigenvalue weighted by Crippen LogP contribution is 2.19. The summed E-state index contributed by atoms with van der Waals surface area (Å²) in [5.74, 6) is -2.11. The number of nitrogens with zero attached hydrogens (tertiary/aromatic N) is 2. The third-order valence-electron chi connectivity index (χ3n) is 5.96. The predicted octanol–water partition coefficient (Wildman–Crippen LogP) is 2.77. The summed E-state index contributed by atoms with van der Waals surface area (Å²) in [6.45, 7) is 1.04. The molecule has 3 amide bonds. The van der Waals surface area contributed by atoms with Crippen LogP contribution in [0.4, 0.5) is 0 Å². The zero-order valence-electron chi connectivity index (χ0n) is 19.0. The molecule has 1 aliphatic heterocycles. The summed E-state index contributed by atoms with van der Waals surface area (Å²) in [6.07, 6.45) is 0. The quantitative estimate of drug-likeness (QED) is 0.575. The second-order valence-corrected chi connectivity index (χ2v) is 8.15. The molecule has 8 heteroatoms. The van der Waals surface area contributed by atoms with E-state index in [1.54, 1.807) is 34.1 Å². The van der Waals surface area contributed by atoms with E-state index in [1.807, 2.05) is 42.5 Å². The number of piperazine rings is 1. The van der Waals surface area contributed by atoms with E-state index in [9.17, 15) is 24.3 Å². The monoisotopic (exact) mass is 471 g/mol. The van der Waals surface area contributed by atoms with E-state index in [0.717, 1.165) is 11.1 Å². The average molecular weight is 472 g/mol. The second-order valence-electron chi connectivity index (χ2n) is 8.15. The van der Waals surface area contributed by atoms with Crippen molar-refractivity contribution in [3.8, 4) is 11.1 Å². The molecule has 4 rings (SSSR count). The Morgan fingerprint density at radius 2 is 1.23 bits per heavy atom. The smallest absolute Gasteiger partial charge is 0.336 e. The van der Waals surface area contributed by atoms with Gasteiger partial charge in [-0.1, -0.05) is 54.6 Å². The number of aromatic carboxylic acids is 1. The third kappa shape index (κ3) is 5.55. The number of hydrogen-bond donors (Lipinski definition) is 2. The number of carbonyl (C=O) groups excluding carboxylic acids is 3. The Balaban J connectivity index is 1.27. The fraction of sp³-hybridized carbons (Fsp3) is 0.185. The second kappa shape index (κ2) is 10.6. The number of nitrogens with one attached hydrogen (secondary N) is 1. The van der Waals surface area contributed by atoms with Gasteiger partial charge in [-0.15, -0.1) is 0 Å². The van der Waals surface area contributed by atoms with Crippen molar-refractivity contribution < 1.29 is 24.3 Å². The Bertz CT molecular complexity index is 1230. The fourth-order valence-corrected chi connectivity index (χ4v) is 4.00. The first-order valence-corrected chi connectivity index (χ1v) is 11.3. The molecular formula is C27H25N3O5. The van der Waals surface area contributed by atoms with Gasteiger partial charge in [0, 0.05) is 31.7 Å². The minimum Gasteiger partial charge on any atom is -0.478 e. The SMILES string of the molecule is O=C(NCC(=O)N1CCN(C(=O)c2ccccc2C(=O)O)CC1)c1ccc(-c2ccccc2)cc1. The molecule has 2 N–H and O–H groups in total. The number of rotatable bonds is 6. The van der Waals surface area contributed by atoms with Crippen molar-refractivity contribution in [3.05, 3.63) is 95.6 Å². The van der Waals surface area contributed by atoms with Gasteiger partial charge in [-0.3, -0.25) is 14.4 Å². The molecule has 8 nitrogen and oxygen atoms in total. The Kier molecular flexibility index (Phi) is 7.21. The molecule has 0 aliphatic carbocycles. The van der Waals surface area contributed by atoms with Crippen LogP contribution in [0.2, 0.25) is 0 Å². The standard InChI is InChI=1S/C27H25N3O5/c31-24(18-28-25(32)21-12-10-20(11-13-21)19-6-2-1-3-7-19)29-14-16-30(17-15-29)26(33)22-8-4-5-9-23(22)27(34)35/h1-13H,14-18H2,(H,28,32)(H,34,35). The van der Waals surface area contributed by atoms with Gasteiger partial charge in [0.15, 0.2) is 0 Å². The van der Waals surface area contributed by atoms with E-state index in [2.05, 4.69) is 5.32 Å². The van der Waals surface area contributed by atoms with Gasteiger partial charge in [0.2, 0.25) is 5.91 Å².